The molecule has 0 unspecified atom stereocenters. The Labute approximate surface area is 240 Å². The number of hydrogen-bond donors (Lipinski definition) is 0. The summed E-state index contributed by atoms with van der Waals surface area (Å²) in [5.41, 5.74) is 2.70. The summed E-state index contributed by atoms with van der Waals surface area (Å²) in [7, 11) is 1.57. The Morgan fingerprint density at radius 3 is 2.36 bits per heavy atom. The van der Waals surface area contributed by atoms with Gasteiger partial charge in [-0.1, -0.05) is 48.5 Å². The van der Waals surface area contributed by atoms with Gasteiger partial charge in [0.1, 0.15) is 11.5 Å². The molecule has 1 aliphatic carbocycles. The molecule has 2 heterocycles. The van der Waals surface area contributed by atoms with Crippen molar-refractivity contribution in [3.05, 3.63) is 112 Å². The molecular formula is C33H24N2O7. The third-order valence-corrected chi connectivity index (χ3v) is 8.61. The molecule has 0 aromatic heterocycles. The van der Waals surface area contributed by atoms with Crippen LogP contribution in [0.4, 0.5) is 11.4 Å². The molecule has 4 atom stereocenters. The number of rotatable bonds is 4. The number of ether oxygens (including phenoxy) is 2. The van der Waals surface area contributed by atoms with Crippen LogP contribution in [0.1, 0.15) is 22.6 Å². The van der Waals surface area contributed by atoms with E-state index in [0.717, 1.165) is 26.8 Å². The van der Waals surface area contributed by atoms with Gasteiger partial charge in [-0.2, -0.15) is 0 Å². The molecule has 42 heavy (non-hydrogen) atoms. The highest BCUT2D eigenvalue weighted by molar-refractivity contribution is 6.25. The van der Waals surface area contributed by atoms with Crippen molar-refractivity contribution in [3.8, 4) is 11.5 Å². The molecule has 208 valence electrons. The van der Waals surface area contributed by atoms with Crippen LogP contribution in [0.25, 0.3) is 16.3 Å². The number of carbonyl (C=O) groups is 3. The lowest BCUT2D eigenvalue weighted by Crippen LogP contribution is -2.42. The minimum absolute atomic E-state index is 0.146. The van der Waals surface area contributed by atoms with Crippen LogP contribution in [-0.2, 0) is 14.4 Å². The van der Waals surface area contributed by atoms with Crippen molar-refractivity contribution in [3.63, 3.8) is 0 Å². The number of anilines is 1. The molecule has 2 aliphatic heterocycles. The number of esters is 1. The first-order chi connectivity index (χ1) is 20.3. The number of non-ortho nitro benzene ring substituents is 1. The fraction of sp³-hybridized carbons (Fsp3) is 0.182. The lowest BCUT2D eigenvalue weighted by Gasteiger charge is -2.38. The second-order valence-corrected chi connectivity index (χ2v) is 10.8. The monoisotopic (exact) mass is 560 g/mol. The van der Waals surface area contributed by atoms with Gasteiger partial charge in [0.15, 0.2) is 0 Å². The Morgan fingerprint density at radius 2 is 1.64 bits per heavy atom. The molecule has 9 heteroatoms. The molecule has 0 spiro atoms. The second-order valence-electron chi connectivity index (χ2n) is 10.8. The largest absolute Gasteiger partial charge is 0.497 e. The highest BCUT2D eigenvalue weighted by Gasteiger charge is 2.60. The van der Waals surface area contributed by atoms with Crippen LogP contribution in [0.15, 0.2) is 84.9 Å². The van der Waals surface area contributed by atoms with Crippen molar-refractivity contribution in [2.45, 2.75) is 12.8 Å². The van der Waals surface area contributed by atoms with E-state index in [9.17, 15) is 24.5 Å². The maximum atomic E-state index is 14.3. The molecule has 1 fully saturated rings. The lowest BCUT2D eigenvalue weighted by atomic mass is 9.64. The zero-order valence-electron chi connectivity index (χ0n) is 22.6. The topological polar surface area (TPSA) is 116 Å². The number of imide groups is 1. The Morgan fingerprint density at radius 1 is 0.905 bits per heavy atom. The maximum Gasteiger partial charge on any atom is 0.319 e. The van der Waals surface area contributed by atoms with Gasteiger partial charge >= 0.3 is 5.97 Å². The van der Waals surface area contributed by atoms with Gasteiger partial charge in [0.25, 0.3) is 5.69 Å². The first kappa shape index (κ1) is 25.6. The van der Waals surface area contributed by atoms with E-state index in [2.05, 4.69) is 0 Å². The van der Waals surface area contributed by atoms with E-state index in [1.54, 1.807) is 32.2 Å². The van der Waals surface area contributed by atoms with E-state index in [4.69, 9.17) is 9.47 Å². The fourth-order valence-electron chi connectivity index (χ4n) is 6.72. The Balaban J connectivity index is 1.44. The number of aryl methyl sites for hydroxylation is 1. The minimum atomic E-state index is -1.03. The van der Waals surface area contributed by atoms with Gasteiger partial charge in [-0.3, -0.25) is 24.5 Å². The number of nitro benzene ring substituents is 1. The maximum absolute atomic E-state index is 14.3. The summed E-state index contributed by atoms with van der Waals surface area (Å²) in [4.78, 5) is 54.1. The van der Waals surface area contributed by atoms with Gasteiger partial charge in [0.05, 0.1) is 35.5 Å². The first-order valence-corrected chi connectivity index (χ1v) is 13.5. The van der Waals surface area contributed by atoms with Gasteiger partial charge in [-0.05, 0) is 58.7 Å². The third kappa shape index (κ3) is 3.66. The van der Waals surface area contributed by atoms with Gasteiger partial charge in [-0.15, -0.1) is 0 Å². The number of carbonyl (C=O) groups excluding carboxylic acids is 3. The van der Waals surface area contributed by atoms with Crippen LogP contribution >= 0.6 is 0 Å². The Bertz CT molecular complexity index is 1880. The highest BCUT2D eigenvalue weighted by Crippen LogP contribution is 2.56. The third-order valence-electron chi connectivity index (χ3n) is 8.61. The molecule has 2 amide bonds. The summed E-state index contributed by atoms with van der Waals surface area (Å²) < 4.78 is 11.2. The van der Waals surface area contributed by atoms with E-state index in [0.29, 0.717) is 22.6 Å². The molecule has 9 nitrogen and oxygen atoms in total. The Kier molecular flexibility index (Phi) is 5.72. The van der Waals surface area contributed by atoms with Crippen molar-refractivity contribution >= 4 is 45.5 Å². The average molecular weight is 561 g/mol. The number of nitro groups is 1. The number of allylic oxidation sites excluding steroid dienone is 1. The average Bonchev–Trinajstić information content (AvgIpc) is 3.26. The van der Waals surface area contributed by atoms with E-state index < -0.39 is 46.4 Å². The van der Waals surface area contributed by atoms with Crippen molar-refractivity contribution in [2.24, 2.45) is 17.8 Å². The molecular weight excluding hydrogens is 536 g/mol. The molecule has 4 aromatic rings. The quantitative estimate of drug-likeness (QED) is 0.105. The number of fused-ring (bicyclic) bond motifs is 7. The zero-order chi connectivity index (χ0) is 29.3. The summed E-state index contributed by atoms with van der Waals surface area (Å²) in [6, 6.07) is 22.7. The number of hydrogen-bond acceptors (Lipinski definition) is 7. The summed E-state index contributed by atoms with van der Waals surface area (Å²) >= 11 is 0. The molecule has 7 rings (SSSR count). The lowest BCUT2D eigenvalue weighted by molar-refractivity contribution is -0.384. The van der Waals surface area contributed by atoms with Crippen LogP contribution in [-0.4, -0.2) is 29.8 Å². The summed E-state index contributed by atoms with van der Waals surface area (Å²) in [5, 5.41) is 13.2. The molecule has 0 saturated carbocycles. The highest BCUT2D eigenvalue weighted by atomic mass is 16.6. The van der Waals surface area contributed by atoms with Gasteiger partial charge in [0, 0.05) is 23.6 Å². The van der Waals surface area contributed by atoms with E-state index in [1.807, 2.05) is 48.5 Å². The summed E-state index contributed by atoms with van der Waals surface area (Å²) in [6.45, 7) is 1.62. The zero-order valence-corrected chi connectivity index (χ0v) is 22.6. The van der Waals surface area contributed by atoms with Crippen molar-refractivity contribution < 1.29 is 28.8 Å². The van der Waals surface area contributed by atoms with Crippen LogP contribution in [0.3, 0.4) is 0 Å². The number of methoxy groups -OCH3 is 1. The van der Waals surface area contributed by atoms with Crippen LogP contribution < -0.4 is 14.4 Å². The van der Waals surface area contributed by atoms with Crippen molar-refractivity contribution in [1.29, 1.82) is 0 Å². The van der Waals surface area contributed by atoms with Gasteiger partial charge in [0.2, 0.25) is 11.8 Å². The summed E-state index contributed by atoms with van der Waals surface area (Å²) in [6.07, 6.45) is 1.94. The van der Waals surface area contributed by atoms with E-state index >= 15 is 0 Å². The van der Waals surface area contributed by atoms with E-state index in [-0.39, 0.29) is 11.4 Å². The molecule has 0 bridgehead atoms. The number of benzene rings is 4. The SMILES string of the molecule is COc1ccc([C@@H]2C=C3c4c(ccc5ccccc45)OC(=O)[C@@H]3[C@H]3C(=O)N(c4ccc([N+](=O)[O-])cc4C)C(=O)[C@@H]32)cc1. The summed E-state index contributed by atoms with van der Waals surface area (Å²) in [5.74, 6) is -3.98. The molecule has 4 aromatic carbocycles. The standard InChI is InChI=1S/C33H24N2O7/c1-17-15-20(35(39)40)10-13-25(17)34-31(36)28-23(19-7-11-21(41-2)12-8-19)16-24-27-22-6-4-3-5-18(22)9-14-26(27)42-33(38)29(24)30(28)32(34)37/h3-16,23,28-30H,1-2H3/t23-,28+,29-,30-/m0/s1. The molecule has 1 saturated heterocycles. The molecule has 0 N–H and O–H groups in total. The van der Waals surface area contributed by atoms with Gasteiger partial charge in [-0.25, -0.2) is 4.90 Å². The fourth-order valence-corrected chi connectivity index (χ4v) is 6.72. The first-order valence-electron chi connectivity index (χ1n) is 13.5. The van der Waals surface area contributed by atoms with Crippen molar-refractivity contribution in [2.75, 3.05) is 12.0 Å². The van der Waals surface area contributed by atoms with E-state index in [1.165, 1.54) is 18.2 Å². The predicted molar refractivity (Wildman–Crippen MR) is 154 cm³/mol. The van der Waals surface area contributed by atoms with Gasteiger partial charge < -0.3 is 9.47 Å². The Hall–Kier alpha value is -5.31. The molecule has 0 radical (unpaired) electrons. The van der Waals surface area contributed by atoms with Crippen LogP contribution in [0, 0.1) is 34.8 Å². The minimum Gasteiger partial charge on any atom is -0.497 e. The smallest absolute Gasteiger partial charge is 0.319 e. The number of nitrogens with zero attached hydrogens (tertiary/aromatic N) is 2. The number of amides is 2. The normalized spacial score (nSPS) is 22.7. The second kappa shape index (κ2) is 9.37. The van der Waals surface area contributed by atoms with Crippen LogP contribution in [0.5, 0.6) is 11.5 Å². The predicted octanol–water partition coefficient (Wildman–Crippen LogP) is 5.59. The van der Waals surface area contributed by atoms with Crippen molar-refractivity contribution in [1.82, 2.24) is 0 Å². The molecule has 3 aliphatic rings. The van der Waals surface area contributed by atoms with Crippen LogP contribution in [0.2, 0.25) is 0 Å².